The Morgan fingerprint density at radius 2 is 2.33 bits per heavy atom. The van der Waals surface area contributed by atoms with E-state index in [1.165, 1.54) is 0 Å². The number of nitrogens with two attached hydrogens (primary N) is 1. The quantitative estimate of drug-likeness (QED) is 0.558. The van der Waals surface area contributed by atoms with Gasteiger partial charge in [0.15, 0.2) is 0 Å². The van der Waals surface area contributed by atoms with E-state index in [2.05, 4.69) is 5.32 Å². The van der Waals surface area contributed by atoms with E-state index in [1.807, 2.05) is 24.3 Å². The van der Waals surface area contributed by atoms with Crippen LogP contribution in [0.2, 0.25) is 0 Å². The zero-order valence-corrected chi connectivity index (χ0v) is 8.82. The van der Waals surface area contributed by atoms with Crippen LogP contribution in [0.4, 0.5) is 5.69 Å². The summed E-state index contributed by atoms with van der Waals surface area (Å²) in [5.41, 5.74) is 7.40. The molecule has 3 N–H and O–H groups in total. The van der Waals surface area contributed by atoms with Gasteiger partial charge in [0.1, 0.15) is 0 Å². The number of esters is 1. The lowest BCUT2D eigenvalue weighted by molar-refractivity contribution is -0.142. The lowest BCUT2D eigenvalue weighted by atomic mass is 10.2. The first-order valence-electron chi connectivity index (χ1n) is 4.93. The molecule has 4 nitrogen and oxygen atoms in total. The number of rotatable bonds is 5. The maximum atomic E-state index is 11.0. The molecule has 1 aromatic rings. The molecule has 0 fully saturated rings. The summed E-state index contributed by atoms with van der Waals surface area (Å²) in [6.45, 7) is 3.04. The number of anilines is 1. The Labute approximate surface area is 89.4 Å². The second kappa shape index (κ2) is 6.03. The molecule has 0 amide bonds. The molecular weight excluding hydrogens is 192 g/mol. The van der Waals surface area contributed by atoms with E-state index in [4.69, 9.17) is 10.5 Å². The Bertz CT molecular complexity index is 326. The van der Waals surface area contributed by atoms with Crippen LogP contribution in [-0.4, -0.2) is 19.1 Å². The Kier molecular flexibility index (Phi) is 4.63. The number of hydrogen-bond acceptors (Lipinski definition) is 4. The second-order valence-corrected chi connectivity index (χ2v) is 3.15. The van der Waals surface area contributed by atoms with Gasteiger partial charge in [-0.1, -0.05) is 12.1 Å². The lowest BCUT2D eigenvalue weighted by Crippen LogP contribution is -2.24. The van der Waals surface area contributed by atoms with Crippen LogP contribution in [0, 0.1) is 0 Å². The van der Waals surface area contributed by atoms with Gasteiger partial charge < -0.3 is 15.8 Å². The van der Waals surface area contributed by atoms with E-state index in [0.717, 1.165) is 11.3 Å². The van der Waals surface area contributed by atoms with Gasteiger partial charge in [0.2, 0.25) is 0 Å². The average molecular weight is 208 g/mol. The summed E-state index contributed by atoms with van der Waals surface area (Å²) >= 11 is 0. The van der Waals surface area contributed by atoms with Crippen molar-refractivity contribution in [3.05, 3.63) is 29.8 Å². The number of benzene rings is 1. The highest BCUT2D eigenvalue weighted by atomic mass is 16.5. The lowest BCUT2D eigenvalue weighted by Gasteiger charge is -2.05. The van der Waals surface area contributed by atoms with E-state index >= 15 is 0 Å². The highest BCUT2D eigenvalue weighted by molar-refractivity contribution is 5.71. The first-order chi connectivity index (χ1) is 7.22. The zero-order valence-electron chi connectivity index (χ0n) is 8.82. The minimum Gasteiger partial charge on any atom is -0.465 e. The Balaban J connectivity index is 2.28. The molecule has 0 saturated carbocycles. The highest BCUT2D eigenvalue weighted by Crippen LogP contribution is 2.05. The fourth-order valence-electron chi connectivity index (χ4n) is 1.22. The fourth-order valence-corrected chi connectivity index (χ4v) is 1.22. The van der Waals surface area contributed by atoms with Gasteiger partial charge in [0, 0.05) is 12.2 Å². The van der Waals surface area contributed by atoms with Crippen LogP contribution in [0.5, 0.6) is 0 Å². The maximum Gasteiger partial charge on any atom is 0.319 e. The van der Waals surface area contributed by atoms with Gasteiger partial charge in [-0.2, -0.15) is 0 Å². The van der Waals surface area contributed by atoms with Gasteiger partial charge in [-0.25, -0.2) is 0 Å². The number of carbonyl (C=O) groups excluding carboxylic acids is 1. The monoisotopic (exact) mass is 208 g/mol. The van der Waals surface area contributed by atoms with Crippen molar-refractivity contribution in [3.63, 3.8) is 0 Å². The van der Waals surface area contributed by atoms with Gasteiger partial charge in [-0.05, 0) is 24.6 Å². The summed E-state index contributed by atoms with van der Waals surface area (Å²) in [5.74, 6) is -0.235. The van der Waals surface area contributed by atoms with Gasteiger partial charge in [-0.3, -0.25) is 4.79 Å². The van der Waals surface area contributed by atoms with Gasteiger partial charge >= 0.3 is 5.97 Å². The first kappa shape index (κ1) is 11.5. The number of nitrogens with one attached hydrogen (secondary N) is 1. The molecule has 0 aliphatic carbocycles. The van der Waals surface area contributed by atoms with E-state index in [-0.39, 0.29) is 12.5 Å². The SMILES string of the molecule is CCOC(=O)CNCc1cccc(N)c1. The Hall–Kier alpha value is -1.55. The van der Waals surface area contributed by atoms with Crippen molar-refractivity contribution in [3.8, 4) is 0 Å². The van der Waals surface area contributed by atoms with Crippen LogP contribution >= 0.6 is 0 Å². The number of hydrogen-bond donors (Lipinski definition) is 2. The predicted molar refractivity (Wildman–Crippen MR) is 59.2 cm³/mol. The van der Waals surface area contributed by atoms with Crippen molar-refractivity contribution < 1.29 is 9.53 Å². The number of ether oxygens (including phenoxy) is 1. The summed E-state index contributed by atoms with van der Waals surface area (Å²) in [4.78, 5) is 11.0. The Morgan fingerprint density at radius 1 is 1.53 bits per heavy atom. The van der Waals surface area contributed by atoms with E-state index in [0.29, 0.717) is 13.2 Å². The molecular formula is C11H16N2O2. The topological polar surface area (TPSA) is 64.3 Å². The summed E-state index contributed by atoms with van der Waals surface area (Å²) < 4.78 is 4.78. The molecule has 0 bridgehead atoms. The van der Waals surface area contributed by atoms with Crippen LogP contribution in [0.25, 0.3) is 0 Å². The minimum atomic E-state index is -0.235. The predicted octanol–water partition coefficient (Wildman–Crippen LogP) is 0.921. The fraction of sp³-hybridized carbons (Fsp3) is 0.364. The largest absolute Gasteiger partial charge is 0.465 e. The normalized spacial score (nSPS) is 9.93. The van der Waals surface area contributed by atoms with Crippen molar-refractivity contribution in [1.82, 2.24) is 5.32 Å². The zero-order chi connectivity index (χ0) is 11.1. The molecule has 0 aromatic heterocycles. The molecule has 0 unspecified atom stereocenters. The van der Waals surface area contributed by atoms with Crippen LogP contribution in [0.15, 0.2) is 24.3 Å². The average Bonchev–Trinajstić information content (AvgIpc) is 2.18. The number of nitrogen functional groups attached to an aromatic ring is 1. The van der Waals surface area contributed by atoms with E-state index < -0.39 is 0 Å². The van der Waals surface area contributed by atoms with Crippen molar-refractivity contribution in [2.75, 3.05) is 18.9 Å². The van der Waals surface area contributed by atoms with Crippen molar-refractivity contribution in [2.24, 2.45) is 0 Å². The molecule has 1 rings (SSSR count). The van der Waals surface area contributed by atoms with Gasteiger partial charge in [-0.15, -0.1) is 0 Å². The molecule has 15 heavy (non-hydrogen) atoms. The van der Waals surface area contributed by atoms with Crippen LogP contribution in [-0.2, 0) is 16.1 Å². The van der Waals surface area contributed by atoms with E-state index in [9.17, 15) is 4.79 Å². The highest BCUT2D eigenvalue weighted by Gasteiger charge is 2.00. The molecule has 0 radical (unpaired) electrons. The molecule has 0 aliphatic rings. The van der Waals surface area contributed by atoms with Crippen molar-refractivity contribution in [2.45, 2.75) is 13.5 Å². The molecule has 0 atom stereocenters. The summed E-state index contributed by atoms with van der Waals surface area (Å²) in [6, 6.07) is 7.54. The van der Waals surface area contributed by atoms with Gasteiger partial charge in [0.25, 0.3) is 0 Å². The Morgan fingerprint density at radius 3 is 3.00 bits per heavy atom. The summed E-state index contributed by atoms with van der Waals surface area (Å²) in [5, 5.41) is 2.98. The van der Waals surface area contributed by atoms with Crippen LogP contribution in [0.1, 0.15) is 12.5 Å². The summed E-state index contributed by atoms with van der Waals surface area (Å²) in [6.07, 6.45) is 0. The minimum absolute atomic E-state index is 0.225. The molecule has 82 valence electrons. The first-order valence-corrected chi connectivity index (χ1v) is 4.93. The van der Waals surface area contributed by atoms with E-state index in [1.54, 1.807) is 6.92 Å². The molecule has 0 spiro atoms. The molecule has 0 heterocycles. The van der Waals surface area contributed by atoms with Crippen molar-refractivity contribution in [1.29, 1.82) is 0 Å². The van der Waals surface area contributed by atoms with Gasteiger partial charge in [0.05, 0.1) is 13.2 Å². The molecule has 0 aliphatic heterocycles. The second-order valence-electron chi connectivity index (χ2n) is 3.15. The summed E-state index contributed by atoms with van der Waals surface area (Å²) in [7, 11) is 0. The maximum absolute atomic E-state index is 11.0. The van der Waals surface area contributed by atoms with Crippen LogP contribution in [0.3, 0.4) is 0 Å². The smallest absolute Gasteiger partial charge is 0.319 e. The molecule has 4 heteroatoms. The van der Waals surface area contributed by atoms with Crippen molar-refractivity contribution >= 4 is 11.7 Å². The molecule has 0 saturated heterocycles. The number of carbonyl (C=O) groups is 1. The van der Waals surface area contributed by atoms with Crippen LogP contribution < -0.4 is 11.1 Å². The molecule has 1 aromatic carbocycles. The third kappa shape index (κ3) is 4.46. The standard InChI is InChI=1S/C11H16N2O2/c1-2-15-11(14)8-13-7-9-4-3-5-10(12)6-9/h3-6,13H,2,7-8,12H2,1H3. The third-order valence-corrected chi connectivity index (χ3v) is 1.85. The third-order valence-electron chi connectivity index (χ3n) is 1.85.